The summed E-state index contributed by atoms with van der Waals surface area (Å²) in [6.07, 6.45) is 2.50. The van der Waals surface area contributed by atoms with Crippen molar-refractivity contribution in [1.29, 1.82) is 5.26 Å². The van der Waals surface area contributed by atoms with Gasteiger partial charge in [0.25, 0.3) is 5.91 Å². The van der Waals surface area contributed by atoms with E-state index in [1.165, 1.54) is 5.56 Å². The average molecular weight is 341 g/mol. The highest BCUT2D eigenvalue weighted by Crippen LogP contribution is 2.32. The number of hydrogen-bond donors (Lipinski definition) is 1. The molecule has 26 heavy (non-hydrogen) atoms. The van der Waals surface area contributed by atoms with Crippen molar-refractivity contribution in [3.63, 3.8) is 0 Å². The first kappa shape index (κ1) is 15.8. The zero-order valence-corrected chi connectivity index (χ0v) is 13.9. The normalized spacial score (nSPS) is 12.3. The molecule has 2 heterocycles. The number of anilines is 3. The van der Waals surface area contributed by atoms with Crippen molar-refractivity contribution in [2.75, 3.05) is 16.8 Å². The number of hydrogen-bond acceptors (Lipinski definition) is 5. The molecule has 1 aliphatic rings. The van der Waals surface area contributed by atoms with Gasteiger partial charge in [-0.25, -0.2) is 9.97 Å². The fourth-order valence-electron chi connectivity index (χ4n) is 3.03. The first-order valence-electron chi connectivity index (χ1n) is 8.25. The third kappa shape index (κ3) is 2.87. The summed E-state index contributed by atoms with van der Waals surface area (Å²) in [6.45, 7) is 0.779. The van der Waals surface area contributed by atoms with E-state index in [1.54, 1.807) is 36.5 Å². The predicted molar refractivity (Wildman–Crippen MR) is 98.3 cm³/mol. The van der Waals surface area contributed by atoms with Crippen molar-refractivity contribution in [2.45, 2.75) is 6.42 Å². The molecule has 3 aromatic rings. The zero-order valence-electron chi connectivity index (χ0n) is 13.9. The minimum absolute atomic E-state index is 0.257. The van der Waals surface area contributed by atoms with Crippen LogP contribution in [0.25, 0.3) is 0 Å². The molecule has 1 aromatic heterocycles. The Labute approximate surface area is 150 Å². The fourth-order valence-corrected chi connectivity index (χ4v) is 3.03. The third-order valence-electron chi connectivity index (χ3n) is 4.30. The first-order chi connectivity index (χ1) is 12.8. The number of nitriles is 1. The standard InChI is InChI=1S/C20H15N5O/c21-13-15-6-1-3-7-16(15)23-19(26)17-9-11-22-20(24-17)25-12-10-14-5-2-4-8-18(14)25/h1-9,11H,10,12H2,(H,23,26). The van der Waals surface area contributed by atoms with Crippen molar-refractivity contribution in [2.24, 2.45) is 0 Å². The summed E-state index contributed by atoms with van der Waals surface area (Å²) in [5.41, 5.74) is 3.44. The Morgan fingerprint density at radius 2 is 1.92 bits per heavy atom. The van der Waals surface area contributed by atoms with Gasteiger partial charge in [0.15, 0.2) is 0 Å². The van der Waals surface area contributed by atoms with Gasteiger partial charge in [-0.2, -0.15) is 5.26 Å². The summed E-state index contributed by atoms with van der Waals surface area (Å²) in [4.78, 5) is 23.3. The lowest BCUT2D eigenvalue weighted by Crippen LogP contribution is -2.20. The maximum Gasteiger partial charge on any atom is 0.274 e. The number of para-hydroxylation sites is 2. The van der Waals surface area contributed by atoms with Gasteiger partial charge in [0.2, 0.25) is 5.95 Å². The van der Waals surface area contributed by atoms with Crippen molar-refractivity contribution in [3.8, 4) is 6.07 Å². The highest BCUT2D eigenvalue weighted by molar-refractivity contribution is 6.03. The molecule has 0 aliphatic carbocycles. The van der Waals surface area contributed by atoms with Crippen LogP contribution in [-0.2, 0) is 6.42 Å². The topological polar surface area (TPSA) is 81.9 Å². The molecule has 6 heteroatoms. The molecule has 1 aliphatic heterocycles. The van der Waals surface area contributed by atoms with Crippen LogP contribution in [0.2, 0.25) is 0 Å². The minimum Gasteiger partial charge on any atom is -0.319 e. The summed E-state index contributed by atoms with van der Waals surface area (Å²) < 4.78 is 0. The Hall–Kier alpha value is -3.72. The van der Waals surface area contributed by atoms with Crippen LogP contribution in [0.3, 0.4) is 0 Å². The number of amides is 1. The SMILES string of the molecule is N#Cc1ccccc1NC(=O)c1ccnc(N2CCc3ccccc32)n1. The Morgan fingerprint density at radius 3 is 2.81 bits per heavy atom. The van der Waals surface area contributed by atoms with Gasteiger partial charge in [0, 0.05) is 18.4 Å². The predicted octanol–water partition coefficient (Wildman–Crippen LogP) is 3.29. The molecule has 0 bridgehead atoms. The molecule has 1 N–H and O–H groups in total. The van der Waals surface area contributed by atoms with Gasteiger partial charge in [-0.1, -0.05) is 30.3 Å². The second-order valence-electron chi connectivity index (χ2n) is 5.88. The minimum atomic E-state index is -0.371. The second-order valence-corrected chi connectivity index (χ2v) is 5.88. The van der Waals surface area contributed by atoms with Crippen LogP contribution < -0.4 is 10.2 Å². The highest BCUT2D eigenvalue weighted by Gasteiger charge is 2.22. The molecule has 126 valence electrons. The van der Waals surface area contributed by atoms with Gasteiger partial charge < -0.3 is 10.2 Å². The maximum absolute atomic E-state index is 12.6. The quantitative estimate of drug-likeness (QED) is 0.790. The molecule has 6 nitrogen and oxygen atoms in total. The van der Waals surface area contributed by atoms with Gasteiger partial charge in [0.05, 0.1) is 11.3 Å². The Morgan fingerprint density at radius 1 is 1.12 bits per heavy atom. The van der Waals surface area contributed by atoms with E-state index in [0.29, 0.717) is 17.2 Å². The molecule has 0 saturated carbocycles. The van der Waals surface area contributed by atoms with E-state index < -0.39 is 0 Å². The Balaban J connectivity index is 1.61. The van der Waals surface area contributed by atoms with Crippen LogP contribution in [-0.4, -0.2) is 22.4 Å². The molecule has 2 aromatic carbocycles. The number of benzene rings is 2. The average Bonchev–Trinajstić information content (AvgIpc) is 3.12. The molecule has 0 fully saturated rings. The molecule has 0 spiro atoms. The van der Waals surface area contributed by atoms with Crippen LogP contribution in [0.5, 0.6) is 0 Å². The van der Waals surface area contributed by atoms with Crippen LogP contribution >= 0.6 is 0 Å². The molecular formula is C20H15N5O. The molecule has 0 radical (unpaired) electrons. The number of rotatable bonds is 3. The summed E-state index contributed by atoms with van der Waals surface area (Å²) in [7, 11) is 0. The molecule has 1 amide bonds. The van der Waals surface area contributed by atoms with Gasteiger partial charge in [-0.3, -0.25) is 4.79 Å². The summed E-state index contributed by atoms with van der Waals surface area (Å²) >= 11 is 0. The van der Waals surface area contributed by atoms with Crippen molar-refractivity contribution in [1.82, 2.24) is 9.97 Å². The zero-order chi connectivity index (χ0) is 17.9. The van der Waals surface area contributed by atoms with E-state index in [2.05, 4.69) is 27.4 Å². The van der Waals surface area contributed by atoms with Gasteiger partial charge in [0.1, 0.15) is 11.8 Å². The maximum atomic E-state index is 12.6. The molecule has 0 atom stereocenters. The number of fused-ring (bicyclic) bond motifs is 1. The number of carbonyl (C=O) groups is 1. The molecular weight excluding hydrogens is 326 g/mol. The monoisotopic (exact) mass is 341 g/mol. The fraction of sp³-hybridized carbons (Fsp3) is 0.100. The number of carbonyl (C=O) groups excluding carboxylic acids is 1. The lowest BCUT2D eigenvalue weighted by molar-refractivity contribution is 0.102. The van der Waals surface area contributed by atoms with Gasteiger partial charge in [-0.05, 0) is 36.2 Å². The van der Waals surface area contributed by atoms with Crippen molar-refractivity contribution < 1.29 is 4.79 Å². The van der Waals surface area contributed by atoms with E-state index in [1.807, 2.05) is 23.1 Å². The van der Waals surface area contributed by atoms with Crippen LogP contribution in [0, 0.1) is 11.3 Å². The van der Waals surface area contributed by atoms with Gasteiger partial charge in [-0.15, -0.1) is 0 Å². The Bertz CT molecular complexity index is 1020. The van der Waals surface area contributed by atoms with E-state index in [4.69, 9.17) is 5.26 Å². The number of aromatic nitrogens is 2. The van der Waals surface area contributed by atoms with Crippen LogP contribution in [0.15, 0.2) is 60.8 Å². The number of nitrogens with zero attached hydrogens (tertiary/aromatic N) is 4. The second kappa shape index (κ2) is 6.65. The third-order valence-corrected chi connectivity index (χ3v) is 4.30. The highest BCUT2D eigenvalue weighted by atomic mass is 16.1. The van der Waals surface area contributed by atoms with E-state index in [9.17, 15) is 4.79 Å². The van der Waals surface area contributed by atoms with Crippen LogP contribution in [0.1, 0.15) is 21.6 Å². The molecule has 4 rings (SSSR count). The lowest BCUT2D eigenvalue weighted by atomic mass is 10.2. The van der Waals surface area contributed by atoms with Crippen molar-refractivity contribution >= 4 is 23.2 Å². The van der Waals surface area contributed by atoms with Gasteiger partial charge >= 0.3 is 0 Å². The summed E-state index contributed by atoms with van der Waals surface area (Å²) in [5, 5.41) is 11.9. The number of nitrogens with one attached hydrogen (secondary N) is 1. The first-order valence-corrected chi connectivity index (χ1v) is 8.25. The largest absolute Gasteiger partial charge is 0.319 e. The van der Waals surface area contributed by atoms with E-state index >= 15 is 0 Å². The lowest BCUT2D eigenvalue weighted by Gasteiger charge is -2.17. The van der Waals surface area contributed by atoms with Crippen LogP contribution in [0.4, 0.5) is 17.3 Å². The van der Waals surface area contributed by atoms with E-state index in [0.717, 1.165) is 18.7 Å². The Kier molecular flexibility index (Phi) is 4.04. The molecule has 0 saturated heterocycles. The smallest absolute Gasteiger partial charge is 0.274 e. The summed E-state index contributed by atoms with van der Waals surface area (Å²) in [5.74, 6) is 0.125. The summed E-state index contributed by atoms with van der Waals surface area (Å²) in [6, 6.07) is 18.6. The van der Waals surface area contributed by atoms with Crippen molar-refractivity contribution in [3.05, 3.63) is 77.6 Å². The molecule has 0 unspecified atom stereocenters. The van der Waals surface area contributed by atoms with E-state index in [-0.39, 0.29) is 11.6 Å².